The van der Waals surface area contributed by atoms with Crippen LogP contribution in [0.2, 0.25) is 0 Å². The lowest BCUT2D eigenvalue weighted by Gasteiger charge is -2.13. The first-order valence-electron chi connectivity index (χ1n) is 7.89. The van der Waals surface area contributed by atoms with E-state index in [2.05, 4.69) is 5.32 Å². The summed E-state index contributed by atoms with van der Waals surface area (Å²) in [6.45, 7) is 1.32. The van der Waals surface area contributed by atoms with Gasteiger partial charge in [-0.3, -0.25) is 14.9 Å². The number of amides is 1. The maximum atomic E-state index is 13.2. The minimum absolute atomic E-state index is 0.0148. The SMILES string of the molecule is C[C@@H](OC(=O)c1cc2cc([N+](=O)[O-])ccc2s1)C(=O)Nc1ccc(F)c(F)c1. The number of nitro benzene ring substituents is 1. The van der Waals surface area contributed by atoms with Gasteiger partial charge in [0.2, 0.25) is 0 Å². The van der Waals surface area contributed by atoms with Crippen LogP contribution in [0.1, 0.15) is 16.6 Å². The maximum Gasteiger partial charge on any atom is 0.349 e. The molecule has 0 aliphatic heterocycles. The molecule has 1 amide bonds. The number of esters is 1. The zero-order chi connectivity index (χ0) is 20.4. The largest absolute Gasteiger partial charge is 0.448 e. The average Bonchev–Trinajstić information content (AvgIpc) is 3.08. The molecule has 144 valence electrons. The summed E-state index contributed by atoms with van der Waals surface area (Å²) in [6.07, 6.45) is -1.21. The van der Waals surface area contributed by atoms with E-state index in [1.165, 1.54) is 37.3 Å². The number of nitrogens with zero attached hydrogens (tertiary/aromatic N) is 1. The number of carbonyl (C=O) groups is 2. The standard InChI is InChI=1S/C18H12F2N2O5S/c1-9(17(23)21-11-2-4-13(19)14(20)8-11)27-18(24)16-7-10-6-12(22(25)26)3-5-15(10)28-16/h2-9H,1H3,(H,21,23)/t9-/m1/s1. The highest BCUT2D eigenvalue weighted by Crippen LogP contribution is 2.29. The molecule has 28 heavy (non-hydrogen) atoms. The maximum absolute atomic E-state index is 13.2. The van der Waals surface area contributed by atoms with E-state index in [1.54, 1.807) is 0 Å². The van der Waals surface area contributed by atoms with E-state index in [4.69, 9.17) is 4.74 Å². The number of nitrogens with one attached hydrogen (secondary N) is 1. The lowest BCUT2D eigenvalue weighted by molar-refractivity contribution is -0.384. The minimum Gasteiger partial charge on any atom is -0.448 e. The molecular formula is C18H12F2N2O5S. The van der Waals surface area contributed by atoms with Crippen molar-refractivity contribution >= 4 is 44.7 Å². The van der Waals surface area contributed by atoms with E-state index in [0.717, 1.165) is 23.5 Å². The molecule has 0 saturated heterocycles. The van der Waals surface area contributed by atoms with Gasteiger partial charge in [-0.2, -0.15) is 0 Å². The summed E-state index contributed by atoms with van der Waals surface area (Å²) in [5.41, 5.74) is -0.0922. The molecule has 2 aromatic carbocycles. The van der Waals surface area contributed by atoms with Crippen molar-refractivity contribution in [1.29, 1.82) is 0 Å². The van der Waals surface area contributed by atoms with E-state index < -0.39 is 34.5 Å². The summed E-state index contributed by atoms with van der Waals surface area (Å²) < 4.78 is 31.8. The van der Waals surface area contributed by atoms with Gasteiger partial charge in [0.15, 0.2) is 17.7 Å². The van der Waals surface area contributed by atoms with Crippen molar-refractivity contribution in [3.8, 4) is 0 Å². The molecular weight excluding hydrogens is 394 g/mol. The van der Waals surface area contributed by atoms with E-state index in [1.807, 2.05) is 0 Å². The van der Waals surface area contributed by atoms with Crippen molar-refractivity contribution in [2.75, 3.05) is 5.32 Å². The Hall–Kier alpha value is -3.40. The molecule has 10 heteroatoms. The Balaban J connectivity index is 1.69. The monoisotopic (exact) mass is 406 g/mol. The molecule has 1 N–H and O–H groups in total. The third-order valence-corrected chi connectivity index (χ3v) is 4.85. The molecule has 1 heterocycles. The zero-order valence-electron chi connectivity index (χ0n) is 14.3. The lowest BCUT2D eigenvalue weighted by Crippen LogP contribution is -2.29. The van der Waals surface area contributed by atoms with Gasteiger partial charge in [0.25, 0.3) is 11.6 Å². The van der Waals surface area contributed by atoms with Gasteiger partial charge in [0, 0.05) is 34.0 Å². The molecule has 1 aromatic heterocycles. The van der Waals surface area contributed by atoms with Crippen molar-refractivity contribution in [2.45, 2.75) is 13.0 Å². The smallest absolute Gasteiger partial charge is 0.349 e. The van der Waals surface area contributed by atoms with Crippen LogP contribution >= 0.6 is 11.3 Å². The van der Waals surface area contributed by atoms with Crippen LogP contribution in [-0.4, -0.2) is 22.9 Å². The fraction of sp³-hybridized carbons (Fsp3) is 0.111. The number of fused-ring (bicyclic) bond motifs is 1. The van der Waals surface area contributed by atoms with Gasteiger partial charge in [0.05, 0.1) is 4.92 Å². The van der Waals surface area contributed by atoms with Crippen LogP contribution in [0, 0.1) is 21.7 Å². The normalized spacial score (nSPS) is 11.8. The number of anilines is 1. The van der Waals surface area contributed by atoms with Crippen molar-refractivity contribution in [1.82, 2.24) is 0 Å². The molecule has 0 radical (unpaired) electrons. The number of hydrogen-bond donors (Lipinski definition) is 1. The number of hydrogen-bond acceptors (Lipinski definition) is 6. The quantitative estimate of drug-likeness (QED) is 0.388. The molecule has 0 spiro atoms. The number of rotatable bonds is 5. The van der Waals surface area contributed by atoms with E-state index in [0.29, 0.717) is 10.1 Å². The Bertz CT molecular complexity index is 1100. The van der Waals surface area contributed by atoms with E-state index in [9.17, 15) is 28.5 Å². The molecule has 7 nitrogen and oxygen atoms in total. The van der Waals surface area contributed by atoms with Gasteiger partial charge in [-0.1, -0.05) is 0 Å². The van der Waals surface area contributed by atoms with Crippen LogP contribution in [0.4, 0.5) is 20.2 Å². The number of non-ortho nitro benzene ring substituents is 1. The van der Waals surface area contributed by atoms with Crippen molar-refractivity contribution in [3.05, 3.63) is 69.1 Å². The van der Waals surface area contributed by atoms with Gasteiger partial charge < -0.3 is 10.1 Å². The van der Waals surface area contributed by atoms with Crippen molar-refractivity contribution < 1.29 is 28.0 Å². The Morgan fingerprint density at radius 2 is 1.89 bits per heavy atom. The number of carbonyl (C=O) groups excluding carboxylic acids is 2. The second kappa shape index (κ2) is 7.69. The first-order chi connectivity index (χ1) is 13.2. The van der Waals surface area contributed by atoms with Gasteiger partial charge in [-0.25, -0.2) is 13.6 Å². The number of ether oxygens (including phenoxy) is 1. The molecule has 1 atom stereocenters. The second-order valence-corrected chi connectivity index (χ2v) is 6.84. The van der Waals surface area contributed by atoms with E-state index >= 15 is 0 Å². The third-order valence-electron chi connectivity index (χ3n) is 3.75. The predicted molar refractivity (Wildman–Crippen MR) is 98.3 cm³/mol. The van der Waals surface area contributed by atoms with Crippen LogP contribution in [0.5, 0.6) is 0 Å². The minimum atomic E-state index is -1.21. The first kappa shape index (κ1) is 19.4. The summed E-state index contributed by atoms with van der Waals surface area (Å²) in [5.74, 6) is -3.68. The second-order valence-electron chi connectivity index (χ2n) is 5.76. The Kier molecular flexibility index (Phi) is 5.32. The topological polar surface area (TPSA) is 98.5 Å². The predicted octanol–water partition coefficient (Wildman–Crippen LogP) is 4.27. The Morgan fingerprint density at radius 3 is 2.57 bits per heavy atom. The summed E-state index contributed by atoms with van der Waals surface area (Å²) in [4.78, 5) is 34.8. The molecule has 0 aliphatic rings. The van der Waals surface area contributed by atoms with Crippen molar-refractivity contribution in [2.24, 2.45) is 0 Å². The average molecular weight is 406 g/mol. The number of halogens is 2. The molecule has 0 unspecified atom stereocenters. The van der Waals surface area contributed by atoms with Gasteiger partial charge in [-0.05, 0) is 31.2 Å². The first-order valence-corrected chi connectivity index (χ1v) is 8.71. The molecule has 0 fully saturated rings. The Labute approximate surface area is 160 Å². The molecule has 0 bridgehead atoms. The van der Waals surface area contributed by atoms with Gasteiger partial charge in [-0.15, -0.1) is 11.3 Å². The van der Waals surface area contributed by atoms with Crippen LogP contribution in [0.3, 0.4) is 0 Å². The summed E-state index contributed by atoms with van der Waals surface area (Å²) in [6, 6.07) is 8.46. The van der Waals surface area contributed by atoms with E-state index in [-0.39, 0.29) is 16.3 Å². The summed E-state index contributed by atoms with van der Waals surface area (Å²) >= 11 is 1.07. The zero-order valence-corrected chi connectivity index (χ0v) is 15.1. The van der Waals surface area contributed by atoms with Crippen molar-refractivity contribution in [3.63, 3.8) is 0 Å². The highest BCUT2D eigenvalue weighted by atomic mass is 32.1. The van der Waals surface area contributed by atoms with Crippen LogP contribution in [0.25, 0.3) is 10.1 Å². The molecule has 0 aliphatic carbocycles. The Morgan fingerprint density at radius 1 is 1.14 bits per heavy atom. The molecule has 3 aromatic rings. The van der Waals surface area contributed by atoms with Crippen LogP contribution in [-0.2, 0) is 9.53 Å². The van der Waals surface area contributed by atoms with Crippen LogP contribution < -0.4 is 5.32 Å². The van der Waals surface area contributed by atoms with Gasteiger partial charge >= 0.3 is 5.97 Å². The third kappa shape index (κ3) is 4.12. The van der Waals surface area contributed by atoms with Gasteiger partial charge in [0.1, 0.15) is 4.88 Å². The fourth-order valence-electron chi connectivity index (χ4n) is 2.33. The fourth-order valence-corrected chi connectivity index (χ4v) is 3.26. The molecule has 0 saturated carbocycles. The highest BCUT2D eigenvalue weighted by molar-refractivity contribution is 7.20. The number of nitro groups is 1. The summed E-state index contributed by atoms with van der Waals surface area (Å²) in [5, 5.41) is 13.6. The number of thiophene rings is 1. The number of benzene rings is 2. The highest BCUT2D eigenvalue weighted by Gasteiger charge is 2.21. The lowest BCUT2D eigenvalue weighted by atomic mass is 10.2. The molecule has 3 rings (SSSR count). The van der Waals surface area contributed by atoms with Crippen LogP contribution in [0.15, 0.2) is 42.5 Å². The summed E-state index contributed by atoms with van der Waals surface area (Å²) in [7, 11) is 0.